The van der Waals surface area contributed by atoms with Crippen molar-refractivity contribution >= 4 is 5.91 Å². The standard InChI is InChI=1S/C18H24N4O2/c1-21-12-9-20-18(21)17(24)15-6-10-22(11-7-15)16(23)5-4-14-3-2-8-19-13-14/h2-3,8-9,12-13,15,17,24H,4-7,10-11H2,1H3. The zero-order valence-electron chi connectivity index (χ0n) is 14.0. The molecule has 1 aliphatic heterocycles. The van der Waals surface area contributed by atoms with Gasteiger partial charge in [-0.2, -0.15) is 0 Å². The van der Waals surface area contributed by atoms with Gasteiger partial charge in [0.1, 0.15) is 11.9 Å². The average Bonchev–Trinajstić information content (AvgIpc) is 3.06. The third-order valence-electron chi connectivity index (χ3n) is 4.81. The van der Waals surface area contributed by atoms with E-state index in [-0.39, 0.29) is 11.8 Å². The van der Waals surface area contributed by atoms with Crippen LogP contribution in [-0.2, 0) is 18.3 Å². The van der Waals surface area contributed by atoms with Crippen LogP contribution in [-0.4, -0.2) is 43.5 Å². The van der Waals surface area contributed by atoms with Crippen LogP contribution < -0.4 is 0 Å². The first kappa shape index (κ1) is 16.6. The van der Waals surface area contributed by atoms with E-state index in [2.05, 4.69) is 9.97 Å². The molecule has 3 rings (SSSR count). The fourth-order valence-corrected chi connectivity index (χ4v) is 3.29. The molecule has 0 aromatic carbocycles. The number of nitrogens with zero attached hydrogens (tertiary/aromatic N) is 4. The summed E-state index contributed by atoms with van der Waals surface area (Å²) >= 11 is 0. The SMILES string of the molecule is Cn1ccnc1C(O)C1CCN(C(=O)CCc2cccnc2)CC1. The van der Waals surface area contributed by atoms with Gasteiger partial charge in [-0.15, -0.1) is 0 Å². The highest BCUT2D eigenvalue weighted by molar-refractivity contribution is 5.76. The first-order valence-electron chi connectivity index (χ1n) is 8.47. The molecule has 0 bridgehead atoms. The Labute approximate surface area is 142 Å². The second-order valence-corrected chi connectivity index (χ2v) is 6.42. The quantitative estimate of drug-likeness (QED) is 0.907. The molecule has 0 aliphatic carbocycles. The molecule has 2 aromatic rings. The van der Waals surface area contributed by atoms with E-state index in [9.17, 15) is 9.90 Å². The van der Waals surface area contributed by atoms with Crippen LogP contribution in [0.5, 0.6) is 0 Å². The monoisotopic (exact) mass is 328 g/mol. The van der Waals surface area contributed by atoms with Gasteiger partial charge in [0, 0.05) is 51.3 Å². The number of aryl methyl sites for hydroxylation is 2. The molecule has 1 amide bonds. The summed E-state index contributed by atoms with van der Waals surface area (Å²) in [6, 6.07) is 3.89. The molecule has 1 N–H and O–H groups in total. The Morgan fingerprint density at radius 3 is 2.79 bits per heavy atom. The van der Waals surface area contributed by atoms with Gasteiger partial charge in [0.25, 0.3) is 0 Å². The van der Waals surface area contributed by atoms with Crippen molar-refractivity contribution in [2.45, 2.75) is 31.8 Å². The number of hydrogen-bond donors (Lipinski definition) is 1. The smallest absolute Gasteiger partial charge is 0.222 e. The van der Waals surface area contributed by atoms with Crippen molar-refractivity contribution < 1.29 is 9.90 Å². The minimum absolute atomic E-state index is 0.161. The van der Waals surface area contributed by atoms with Gasteiger partial charge in [-0.3, -0.25) is 9.78 Å². The zero-order chi connectivity index (χ0) is 16.9. The van der Waals surface area contributed by atoms with E-state index in [1.165, 1.54) is 0 Å². The lowest BCUT2D eigenvalue weighted by Crippen LogP contribution is -2.40. The molecular formula is C18H24N4O2. The summed E-state index contributed by atoms with van der Waals surface area (Å²) in [5.41, 5.74) is 1.09. The van der Waals surface area contributed by atoms with E-state index in [0.717, 1.165) is 24.8 Å². The van der Waals surface area contributed by atoms with E-state index in [1.807, 2.05) is 41.0 Å². The molecule has 1 atom stereocenters. The molecule has 0 radical (unpaired) electrons. The molecule has 3 heterocycles. The number of rotatable bonds is 5. The normalized spacial score (nSPS) is 17.0. The molecule has 1 unspecified atom stereocenters. The Hall–Kier alpha value is -2.21. The van der Waals surface area contributed by atoms with Crippen LogP contribution in [0.3, 0.4) is 0 Å². The van der Waals surface area contributed by atoms with Crippen molar-refractivity contribution in [1.82, 2.24) is 19.4 Å². The fraction of sp³-hybridized carbons (Fsp3) is 0.500. The highest BCUT2D eigenvalue weighted by Gasteiger charge is 2.29. The first-order chi connectivity index (χ1) is 11.6. The number of amides is 1. The fourth-order valence-electron chi connectivity index (χ4n) is 3.29. The molecule has 0 spiro atoms. The maximum absolute atomic E-state index is 12.4. The number of aliphatic hydroxyl groups is 1. The van der Waals surface area contributed by atoms with Crippen LogP contribution in [0.25, 0.3) is 0 Å². The molecule has 6 nitrogen and oxygen atoms in total. The van der Waals surface area contributed by atoms with E-state index in [4.69, 9.17) is 0 Å². The van der Waals surface area contributed by atoms with Gasteiger partial charge in [-0.1, -0.05) is 6.07 Å². The van der Waals surface area contributed by atoms with E-state index in [1.54, 1.807) is 12.4 Å². The van der Waals surface area contributed by atoms with E-state index in [0.29, 0.717) is 25.3 Å². The predicted molar refractivity (Wildman–Crippen MR) is 90.0 cm³/mol. The average molecular weight is 328 g/mol. The largest absolute Gasteiger partial charge is 0.385 e. The topological polar surface area (TPSA) is 71.2 Å². The van der Waals surface area contributed by atoms with Gasteiger partial charge >= 0.3 is 0 Å². The number of carbonyl (C=O) groups is 1. The Kier molecular flexibility index (Phi) is 5.25. The lowest BCUT2D eigenvalue weighted by atomic mass is 9.90. The van der Waals surface area contributed by atoms with Crippen LogP contribution in [0, 0.1) is 5.92 Å². The third-order valence-corrected chi connectivity index (χ3v) is 4.81. The van der Waals surface area contributed by atoms with Crippen LogP contribution in [0.2, 0.25) is 0 Å². The Balaban J connectivity index is 1.48. The summed E-state index contributed by atoms with van der Waals surface area (Å²) in [4.78, 5) is 22.6. The number of likely N-dealkylation sites (tertiary alicyclic amines) is 1. The Morgan fingerprint density at radius 2 is 2.17 bits per heavy atom. The second-order valence-electron chi connectivity index (χ2n) is 6.42. The van der Waals surface area contributed by atoms with Gasteiger partial charge in [0.2, 0.25) is 5.91 Å². The summed E-state index contributed by atoms with van der Waals surface area (Å²) in [6.07, 6.45) is 9.40. The second kappa shape index (κ2) is 7.57. The Morgan fingerprint density at radius 1 is 1.38 bits per heavy atom. The molecular weight excluding hydrogens is 304 g/mol. The first-order valence-corrected chi connectivity index (χ1v) is 8.47. The summed E-state index contributed by atoms with van der Waals surface area (Å²) < 4.78 is 1.86. The molecule has 0 saturated carbocycles. The van der Waals surface area contributed by atoms with Crippen molar-refractivity contribution in [3.8, 4) is 0 Å². The molecule has 1 aliphatic rings. The van der Waals surface area contributed by atoms with Gasteiger partial charge in [0.05, 0.1) is 0 Å². The van der Waals surface area contributed by atoms with Crippen LogP contribution in [0.1, 0.15) is 36.8 Å². The number of piperidine rings is 1. The maximum atomic E-state index is 12.4. The van der Waals surface area contributed by atoms with Gasteiger partial charge in [0.15, 0.2) is 0 Å². The van der Waals surface area contributed by atoms with Gasteiger partial charge in [-0.25, -0.2) is 4.98 Å². The van der Waals surface area contributed by atoms with E-state index < -0.39 is 6.10 Å². The zero-order valence-corrected chi connectivity index (χ0v) is 14.0. The molecule has 128 valence electrons. The number of aromatic nitrogens is 3. The molecule has 24 heavy (non-hydrogen) atoms. The maximum Gasteiger partial charge on any atom is 0.222 e. The van der Waals surface area contributed by atoms with Crippen molar-refractivity contribution in [2.75, 3.05) is 13.1 Å². The van der Waals surface area contributed by atoms with Crippen LogP contribution in [0.15, 0.2) is 36.9 Å². The van der Waals surface area contributed by atoms with Crippen LogP contribution in [0.4, 0.5) is 0 Å². The number of imidazole rings is 1. The summed E-state index contributed by atoms with van der Waals surface area (Å²) in [7, 11) is 1.89. The third kappa shape index (κ3) is 3.82. The van der Waals surface area contributed by atoms with Gasteiger partial charge < -0.3 is 14.6 Å². The number of hydrogen-bond acceptors (Lipinski definition) is 4. The lowest BCUT2D eigenvalue weighted by Gasteiger charge is -2.34. The van der Waals surface area contributed by atoms with Gasteiger partial charge in [-0.05, 0) is 36.8 Å². The summed E-state index contributed by atoms with van der Waals surface area (Å²) in [5, 5.41) is 10.5. The number of aliphatic hydroxyl groups excluding tert-OH is 1. The van der Waals surface area contributed by atoms with Crippen molar-refractivity contribution in [1.29, 1.82) is 0 Å². The predicted octanol–water partition coefficient (Wildman–Crippen LogP) is 1.72. The van der Waals surface area contributed by atoms with Crippen molar-refractivity contribution in [3.05, 3.63) is 48.3 Å². The molecule has 2 aromatic heterocycles. The van der Waals surface area contributed by atoms with E-state index >= 15 is 0 Å². The number of pyridine rings is 1. The van der Waals surface area contributed by atoms with Crippen molar-refractivity contribution in [2.24, 2.45) is 13.0 Å². The molecule has 6 heteroatoms. The number of carbonyl (C=O) groups excluding carboxylic acids is 1. The van der Waals surface area contributed by atoms with Crippen LogP contribution >= 0.6 is 0 Å². The highest BCUT2D eigenvalue weighted by atomic mass is 16.3. The highest BCUT2D eigenvalue weighted by Crippen LogP contribution is 2.29. The lowest BCUT2D eigenvalue weighted by molar-refractivity contribution is -0.133. The summed E-state index contributed by atoms with van der Waals surface area (Å²) in [5.74, 6) is 1.05. The minimum Gasteiger partial charge on any atom is -0.385 e. The minimum atomic E-state index is -0.558. The molecule has 1 fully saturated rings. The molecule has 1 saturated heterocycles. The Bertz CT molecular complexity index is 663. The summed E-state index contributed by atoms with van der Waals surface area (Å²) in [6.45, 7) is 1.41. The van der Waals surface area contributed by atoms with Crippen molar-refractivity contribution in [3.63, 3.8) is 0 Å².